The lowest BCUT2D eigenvalue weighted by Gasteiger charge is -2.28. The van der Waals surface area contributed by atoms with Crippen LogP contribution >= 0.6 is 0 Å². The van der Waals surface area contributed by atoms with Gasteiger partial charge in [0.05, 0.1) is 42.3 Å². The van der Waals surface area contributed by atoms with Gasteiger partial charge in [0.25, 0.3) is 5.69 Å². The number of benzene rings is 1. The summed E-state index contributed by atoms with van der Waals surface area (Å²) in [5.41, 5.74) is 0.837. The summed E-state index contributed by atoms with van der Waals surface area (Å²) in [6, 6.07) is 4.78. The van der Waals surface area contributed by atoms with Crippen molar-refractivity contribution in [1.82, 2.24) is 9.78 Å². The maximum absolute atomic E-state index is 11.8. The molecule has 0 atom stereocenters. The zero-order valence-electron chi connectivity index (χ0n) is 13.6. The van der Waals surface area contributed by atoms with Gasteiger partial charge >= 0.3 is 5.97 Å². The van der Waals surface area contributed by atoms with Gasteiger partial charge in [-0.25, -0.2) is 4.68 Å². The molecular weight excluding hydrogens is 312 g/mol. The van der Waals surface area contributed by atoms with Crippen LogP contribution in [0.3, 0.4) is 0 Å². The lowest BCUT2D eigenvalue weighted by atomic mass is 9.97. The fourth-order valence-electron chi connectivity index (χ4n) is 3.19. The summed E-state index contributed by atoms with van der Waals surface area (Å²) >= 11 is 0. The minimum Gasteiger partial charge on any atom is -0.466 e. The number of carbonyl (C=O) groups excluding carboxylic acids is 1. The van der Waals surface area contributed by atoms with Crippen LogP contribution in [0.15, 0.2) is 24.4 Å². The summed E-state index contributed by atoms with van der Waals surface area (Å²) < 4.78 is 6.89. The quantitative estimate of drug-likeness (QED) is 0.495. The van der Waals surface area contributed by atoms with Crippen LogP contribution in [0.5, 0.6) is 0 Å². The summed E-state index contributed by atoms with van der Waals surface area (Å²) in [5, 5.41) is 16.2. The first-order valence-corrected chi connectivity index (χ1v) is 8.18. The fourth-order valence-corrected chi connectivity index (χ4v) is 3.19. The number of hydrogen-bond donors (Lipinski definition) is 1. The molecule has 2 heterocycles. The van der Waals surface area contributed by atoms with E-state index in [1.54, 1.807) is 18.3 Å². The van der Waals surface area contributed by atoms with E-state index < -0.39 is 4.92 Å². The van der Waals surface area contributed by atoms with Crippen molar-refractivity contribution < 1.29 is 19.4 Å². The number of nitro groups is 1. The monoisotopic (exact) mass is 333 g/mol. The van der Waals surface area contributed by atoms with Gasteiger partial charge in [-0.15, -0.1) is 0 Å². The normalized spacial score (nSPS) is 20.9. The van der Waals surface area contributed by atoms with Crippen molar-refractivity contribution in [3.63, 3.8) is 0 Å². The van der Waals surface area contributed by atoms with E-state index in [2.05, 4.69) is 5.10 Å². The van der Waals surface area contributed by atoms with E-state index in [4.69, 9.17) is 4.74 Å². The molecule has 0 saturated carbocycles. The maximum atomic E-state index is 11.8. The van der Waals surface area contributed by atoms with E-state index in [1.165, 1.54) is 11.0 Å². The third kappa shape index (κ3) is 3.38. The first-order chi connectivity index (χ1) is 11.6. The number of rotatable bonds is 5. The lowest BCUT2D eigenvalue weighted by molar-refractivity contribution is -0.928. The molecule has 1 aromatic heterocycles. The van der Waals surface area contributed by atoms with Crippen molar-refractivity contribution >= 4 is 22.6 Å². The molecule has 24 heavy (non-hydrogen) atoms. The topological polar surface area (TPSA) is 91.7 Å². The predicted octanol–water partition coefficient (Wildman–Crippen LogP) is 0.760. The number of nitro benzene ring substituents is 1. The van der Waals surface area contributed by atoms with E-state index in [1.807, 2.05) is 11.6 Å². The molecular formula is C16H21N4O4+. The average molecular weight is 333 g/mol. The second kappa shape index (κ2) is 6.96. The van der Waals surface area contributed by atoms with E-state index >= 15 is 0 Å². The average Bonchev–Trinajstić information content (AvgIpc) is 2.98. The molecule has 1 N–H and O–H groups in total. The molecule has 0 amide bonds. The van der Waals surface area contributed by atoms with Gasteiger partial charge in [-0.3, -0.25) is 14.9 Å². The Morgan fingerprint density at radius 2 is 2.21 bits per heavy atom. The zero-order chi connectivity index (χ0) is 17.1. The number of hydrogen-bond acceptors (Lipinski definition) is 5. The molecule has 1 aliphatic rings. The number of likely N-dealkylation sites (tertiary alicyclic amines) is 1. The van der Waals surface area contributed by atoms with Crippen molar-refractivity contribution in [2.24, 2.45) is 5.92 Å². The smallest absolute Gasteiger partial charge is 0.309 e. The number of fused-ring (bicyclic) bond motifs is 1. The summed E-state index contributed by atoms with van der Waals surface area (Å²) in [6.07, 6.45) is 3.32. The van der Waals surface area contributed by atoms with Crippen molar-refractivity contribution in [3.05, 3.63) is 34.5 Å². The molecule has 8 nitrogen and oxygen atoms in total. The van der Waals surface area contributed by atoms with Crippen molar-refractivity contribution in [2.45, 2.75) is 26.4 Å². The molecule has 0 unspecified atom stereocenters. The standard InChI is InChI=1S/C16H20N4O4/c1-2-24-16(21)12-5-7-18(8-6-12)11-19-15-9-14(20(22)23)4-3-13(15)10-17-19/h3-4,9-10,12H,2,5-8,11H2,1H3/p+1. The van der Waals surface area contributed by atoms with Crippen LogP contribution in [-0.4, -0.2) is 40.4 Å². The van der Waals surface area contributed by atoms with Gasteiger partial charge in [0.15, 0.2) is 6.67 Å². The van der Waals surface area contributed by atoms with E-state index in [-0.39, 0.29) is 17.6 Å². The molecule has 128 valence electrons. The second-order valence-electron chi connectivity index (χ2n) is 6.08. The van der Waals surface area contributed by atoms with Crippen LogP contribution in [0.25, 0.3) is 10.9 Å². The highest BCUT2D eigenvalue weighted by molar-refractivity contribution is 5.80. The molecule has 0 bridgehead atoms. The van der Waals surface area contributed by atoms with Gasteiger partial charge in [0, 0.05) is 30.4 Å². The highest BCUT2D eigenvalue weighted by atomic mass is 16.6. The van der Waals surface area contributed by atoms with Crippen molar-refractivity contribution in [1.29, 1.82) is 0 Å². The van der Waals surface area contributed by atoms with Gasteiger partial charge in [-0.2, -0.15) is 5.10 Å². The molecule has 1 aromatic carbocycles. The number of carbonyl (C=O) groups is 1. The SMILES string of the molecule is CCOC(=O)C1CC[NH+](Cn2ncc3ccc([N+](=O)[O-])cc32)CC1. The van der Waals surface area contributed by atoms with Crippen LogP contribution in [0.2, 0.25) is 0 Å². The Morgan fingerprint density at radius 1 is 1.46 bits per heavy atom. The fraction of sp³-hybridized carbons (Fsp3) is 0.500. The summed E-state index contributed by atoms with van der Waals surface area (Å²) in [7, 11) is 0. The summed E-state index contributed by atoms with van der Waals surface area (Å²) in [4.78, 5) is 23.7. The zero-order valence-corrected chi connectivity index (χ0v) is 13.6. The van der Waals surface area contributed by atoms with E-state index in [0.29, 0.717) is 13.3 Å². The number of piperidine rings is 1. The highest BCUT2D eigenvalue weighted by Crippen LogP contribution is 2.20. The van der Waals surface area contributed by atoms with Gasteiger partial charge in [-0.05, 0) is 13.0 Å². The van der Waals surface area contributed by atoms with Crippen LogP contribution in [0.1, 0.15) is 19.8 Å². The number of nitrogens with one attached hydrogen (secondary N) is 1. The molecule has 1 fully saturated rings. The molecule has 1 aliphatic heterocycles. The van der Waals surface area contributed by atoms with Crippen LogP contribution in [-0.2, 0) is 16.2 Å². The number of ether oxygens (including phenoxy) is 1. The molecule has 3 rings (SSSR count). The lowest BCUT2D eigenvalue weighted by Crippen LogP contribution is -3.12. The third-order valence-electron chi connectivity index (χ3n) is 4.53. The van der Waals surface area contributed by atoms with E-state index in [9.17, 15) is 14.9 Å². The minimum absolute atomic E-state index is 0.0100. The Morgan fingerprint density at radius 3 is 2.88 bits per heavy atom. The summed E-state index contributed by atoms with van der Waals surface area (Å²) in [6.45, 7) is 4.60. The Bertz CT molecular complexity index is 750. The van der Waals surface area contributed by atoms with Gasteiger partial charge < -0.3 is 9.64 Å². The molecule has 0 radical (unpaired) electrons. The van der Waals surface area contributed by atoms with Crippen LogP contribution in [0.4, 0.5) is 5.69 Å². The molecule has 8 heteroatoms. The van der Waals surface area contributed by atoms with Crippen LogP contribution in [0, 0.1) is 16.0 Å². The van der Waals surface area contributed by atoms with Gasteiger partial charge in [0.2, 0.25) is 0 Å². The molecule has 1 saturated heterocycles. The highest BCUT2D eigenvalue weighted by Gasteiger charge is 2.28. The van der Waals surface area contributed by atoms with Gasteiger partial charge in [-0.1, -0.05) is 0 Å². The van der Waals surface area contributed by atoms with Crippen LogP contribution < -0.4 is 4.90 Å². The van der Waals surface area contributed by atoms with E-state index in [0.717, 1.165) is 36.8 Å². The van der Waals surface area contributed by atoms with Crippen molar-refractivity contribution in [2.75, 3.05) is 19.7 Å². The largest absolute Gasteiger partial charge is 0.466 e. The molecule has 0 aliphatic carbocycles. The Balaban J connectivity index is 1.67. The molecule has 2 aromatic rings. The number of nitrogens with zero attached hydrogens (tertiary/aromatic N) is 3. The predicted molar refractivity (Wildman–Crippen MR) is 86.4 cm³/mol. The first-order valence-electron chi connectivity index (χ1n) is 8.18. The number of aromatic nitrogens is 2. The second-order valence-corrected chi connectivity index (χ2v) is 6.08. The van der Waals surface area contributed by atoms with Gasteiger partial charge in [0.1, 0.15) is 0 Å². The first kappa shape index (κ1) is 16.4. The minimum atomic E-state index is -0.394. The maximum Gasteiger partial charge on any atom is 0.309 e. The summed E-state index contributed by atoms with van der Waals surface area (Å²) in [5.74, 6) is -0.110. The molecule has 0 spiro atoms. The Labute approximate surface area is 139 Å². The van der Waals surface area contributed by atoms with Crippen molar-refractivity contribution in [3.8, 4) is 0 Å². The Hall–Kier alpha value is -2.48. The number of quaternary nitrogens is 1. The number of esters is 1. The number of non-ortho nitro benzene ring substituents is 1. The Kier molecular flexibility index (Phi) is 4.75. The third-order valence-corrected chi connectivity index (χ3v) is 4.53.